The van der Waals surface area contributed by atoms with E-state index in [-0.39, 0.29) is 23.9 Å². The first-order valence-electron chi connectivity index (χ1n) is 12.0. The number of nitrogens with one attached hydrogen (secondary N) is 2. The molecule has 1 aliphatic heterocycles. The molecular formula is C27H26N6O2S. The molecule has 0 aliphatic carbocycles. The van der Waals surface area contributed by atoms with Crippen LogP contribution in [0.25, 0.3) is 27.6 Å². The summed E-state index contributed by atoms with van der Waals surface area (Å²) in [6.07, 6.45) is 4.56. The summed E-state index contributed by atoms with van der Waals surface area (Å²) < 4.78 is 3.38. The Balaban J connectivity index is 1.18. The third kappa shape index (κ3) is 3.89. The van der Waals surface area contributed by atoms with Crippen LogP contribution in [0.4, 0.5) is 0 Å². The minimum Gasteiger partial charge on any atom is -0.361 e. The largest absolute Gasteiger partial charge is 0.361 e. The molecule has 1 aliphatic rings. The van der Waals surface area contributed by atoms with Crippen molar-refractivity contribution in [2.45, 2.75) is 37.9 Å². The van der Waals surface area contributed by atoms with Gasteiger partial charge in [-0.15, -0.1) is 0 Å². The molecule has 9 heteroatoms. The van der Waals surface area contributed by atoms with Gasteiger partial charge in [0, 0.05) is 35.8 Å². The van der Waals surface area contributed by atoms with E-state index in [1.165, 1.54) is 28.3 Å². The normalized spacial score (nSPS) is 15.0. The number of carbonyl (C=O) groups is 1. The summed E-state index contributed by atoms with van der Waals surface area (Å²) in [5.74, 6) is 0.577. The minimum atomic E-state index is -0.229. The van der Waals surface area contributed by atoms with Gasteiger partial charge in [-0.1, -0.05) is 36.0 Å². The van der Waals surface area contributed by atoms with Gasteiger partial charge in [0.05, 0.1) is 17.9 Å². The Morgan fingerprint density at radius 1 is 1.17 bits per heavy atom. The predicted octanol–water partition coefficient (Wildman–Crippen LogP) is 4.08. The molecule has 6 rings (SSSR count). The molecule has 36 heavy (non-hydrogen) atoms. The Bertz CT molecular complexity index is 1680. The van der Waals surface area contributed by atoms with Crippen molar-refractivity contribution in [3.05, 3.63) is 81.9 Å². The molecule has 1 unspecified atom stereocenters. The standard InChI is InChI=1S/C27H26N6O2S/c1-16-7-8-19(11-17(16)2)33-25-22(14-30-33)26(35)32-20(15-36-27(32)31-25)12-24(34)28-10-9-18-13-29-23-6-4-3-5-21(18)23/h3-8,11,13-14,20,29H,9-10,12,15H2,1-2H3,(H,28,34). The van der Waals surface area contributed by atoms with E-state index in [4.69, 9.17) is 4.98 Å². The van der Waals surface area contributed by atoms with Gasteiger partial charge in [-0.2, -0.15) is 5.10 Å². The summed E-state index contributed by atoms with van der Waals surface area (Å²) in [7, 11) is 0. The molecule has 2 N–H and O–H groups in total. The SMILES string of the molecule is Cc1ccc(-n2ncc3c(=O)n4c(nc32)SCC4CC(=O)NCCc2c[nH]c3ccccc23)cc1C. The number of para-hydroxylation sites is 1. The quantitative estimate of drug-likeness (QED) is 0.344. The van der Waals surface area contributed by atoms with Crippen LogP contribution in [-0.4, -0.2) is 42.5 Å². The number of hydrogen-bond acceptors (Lipinski definition) is 5. The van der Waals surface area contributed by atoms with E-state index in [1.54, 1.807) is 15.4 Å². The molecular weight excluding hydrogens is 472 g/mol. The molecule has 8 nitrogen and oxygen atoms in total. The highest BCUT2D eigenvalue weighted by Gasteiger charge is 2.29. The number of aryl methyl sites for hydroxylation is 2. The fraction of sp³-hybridized carbons (Fsp3) is 0.259. The van der Waals surface area contributed by atoms with Crippen LogP contribution in [0.15, 0.2) is 64.8 Å². The maximum absolute atomic E-state index is 13.4. The Labute approximate surface area is 211 Å². The van der Waals surface area contributed by atoms with Gasteiger partial charge < -0.3 is 10.3 Å². The number of aromatic nitrogens is 5. The van der Waals surface area contributed by atoms with E-state index >= 15 is 0 Å². The van der Waals surface area contributed by atoms with E-state index in [0.717, 1.165) is 23.2 Å². The van der Waals surface area contributed by atoms with Gasteiger partial charge in [0.2, 0.25) is 5.91 Å². The number of fused-ring (bicyclic) bond motifs is 3. The molecule has 182 valence electrons. The number of rotatable bonds is 6. The van der Waals surface area contributed by atoms with Crippen LogP contribution < -0.4 is 10.9 Å². The highest BCUT2D eigenvalue weighted by atomic mass is 32.2. The molecule has 5 aromatic rings. The van der Waals surface area contributed by atoms with Gasteiger partial charge >= 0.3 is 0 Å². The molecule has 0 spiro atoms. The zero-order chi connectivity index (χ0) is 24.8. The van der Waals surface area contributed by atoms with E-state index in [0.29, 0.717) is 28.5 Å². The molecule has 0 bridgehead atoms. The fourth-order valence-electron chi connectivity index (χ4n) is 4.79. The second-order valence-corrected chi connectivity index (χ2v) is 10.2. The lowest BCUT2D eigenvalue weighted by Crippen LogP contribution is -2.31. The van der Waals surface area contributed by atoms with Crippen molar-refractivity contribution >= 4 is 39.6 Å². The smallest absolute Gasteiger partial charge is 0.265 e. The van der Waals surface area contributed by atoms with Gasteiger partial charge in [0.1, 0.15) is 5.39 Å². The number of hydrogen-bond donors (Lipinski definition) is 2. The number of amides is 1. The summed E-state index contributed by atoms with van der Waals surface area (Å²) >= 11 is 1.51. The molecule has 1 amide bonds. The number of carbonyl (C=O) groups excluding carboxylic acids is 1. The molecule has 2 aromatic carbocycles. The van der Waals surface area contributed by atoms with Crippen molar-refractivity contribution in [3.8, 4) is 5.69 Å². The number of thioether (sulfide) groups is 1. The van der Waals surface area contributed by atoms with Crippen LogP contribution in [0.2, 0.25) is 0 Å². The van der Waals surface area contributed by atoms with E-state index < -0.39 is 0 Å². The van der Waals surface area contributed by atoms with Crippen molar-refractivity contribution in [2.24, 2.45) is 0 Å². The number of aromatic amines is 1. The van der Waals surface area contributed by atoms with Crippen molar-refractivity contribution in [3.63, 3.8) is 0 Å². The topological polar surface area (TPSA) is 97.6 Å². The fourth-order valence-corrected chi connectivity index (χ4v) is 5.92. The Kier molecular flexibility index (Phi) is 5.64. The zero-order valence-corrected chi connectivity index (χ0v) is 20.9. The lowest BCUT2D eigenvalue weighted by molar-refractivity contribution is -0.121. The Morgan fingerprint density at radius 2 is 2.03 bits per heavy atom. The third-order valence-electron chi connectivity index (χ3n) is 6.92. The minimum absolute atomic E-state index is 0.0638. The van der Waals surface area contributed by atoms with Crippen LogP contribution >= 0.6 is 11.8 Å². The van der Waals surface area contributed by atoms with Gasteiger partial charge in [0.25, 0.3) is 5.56 Å². The second kappa shape index (κ2) is 8.98. The summed E-state index contributed by atoms with van der Waals surface area (Å²) in [5, 5.41) is 9.75. The lowest BCUT2D eigenvalue weighted by atomic mass is 10.1. The van der Waals surface area contributed by atoms with Crippen molar-refractivity contribution in [2.75, 3.05) is 12.3 Å². The van der Waals surface area contributed by atoms with Crippen molar-refractivity contribution < 1.29 is 4.79 Å². The highest BCUT2D eigenvalue weighted by Crippen LogP contribution is 2.33. The zero-order valence-electron chi connectivity index (χ0n) is 20.1. The van der Waals surface area contributed by atoms with E-state index in [9.17, 15) is 9.59 Å². The second-order valence-electron chi connectivity index (χ2n) is 9.26. The van der Waals surface area contributed by atoms with Crippen LogP contribution in [0.5, 0.6) is 0 Å². The van der Waals surface area contributed by atoms with Crippen molar-refractivity contribution in [1.82, 2.24) is 29.6 Å². The summed E-state index contributed by atoms with van der Waals surface area (Å²) in [6.45, 7) is 4.66. The maximum Gasteiger partial charge on any atom is 0.265 e. The van der Waals surface area contributed by atoms with E-state index in [1.807, 2.05) is 42.6 Å². The molecule has 0 fully saturated rings. The molecule has 0 radical (unpaired) electrons. The first-order valence-corrected chi connectivity index (χ1v) is 13.0. The number of nitrogens with zero attached hydrogens (tertiary/aromatic N) is 4. The Morgan fingerprint density at radius 3 is 2.89 bits per heavy atom. The van der Waals surface area contributed by atoms with Crippen LogP contribution in [0, 0.1) is 13.8 Å². The average Bonchev–Trinajstić information content (AvgIpc) is 3.59. The van der Waals surface area contributed by atoms with E-state index in [2.05, 4.69) is 35.3 Å². The predicted molar refractivity (Wildman–Crippen MR) is 142 cm³/mol. The number of H-pyrrole nitrogens is 1. The lowest BCUT2D eigenvalue weighted by Gasteiger charge is -2.13. The highest BCUT2D eigenvalue weighted by molar-refractivity contribution is 7.99. The monoisotopic (exact) mass is 498 g/mol. The van der Waals surface area contributed by atoms with Crippen LogP contribution in [-0.2, 0) is 11.2 Å². The summed E-state index contributed by atoms with van der Waals surface area (Å²) in [6, 6.07) is 14.0. The number of benzene rings is 2. The van der Waals surface area contributed by atoms with Crippen LogP contribution in [0.3, 0.4) is 0 Å². The van der Waals surface area contributed by atoms with Crippen molar-refractivity contribution in [1.29, 1.82) is 0 Å². The molecule has 3 aromatic heterocycles. The summed E-state index contributed by atoms with van der Waals surface area (Å²) in [5.41, 5.74) is 5.90. The average molecular weight is 499 g/mol. The maximum atomic E-state index is 13.4. The summed E-state index contributed by atoms with van der Waals surface area (Å²) in [4.78, 5) is 34.2. The van der Waals surface area contributed by atoms with Gasteiger partial charge in [-0.05, 0) is 55.2 Å². The first-order chi connectivity index (χ1) is 17.5. The first kappa shape index (κ1) is 22.6. The Hall–Kier alpha value is -3.85. The van der Waals surface area contributed by atoms with Gasteiger partial charge in [0.15, 0.2) is 10.8 Å². The van der Waals surface area contributed by atoms with Gasteiger partial charge in [-0.25, -0.2) is 9.67 Å². The van der Waals surface area contributed by atoms with Crippen LogP contribution in [0.1, 0.15) is 29.2 Å². The van der Waals surface area contributed by atoms with Gasteiger partial charge in [-0.3, -0.25) is 14.2 Å². The third-order valence-corrected chi connectivity index (χ3v) is 8.02. The molecule has 1 atom stereocenters. The molecule has 4 heterocycles. The molecule has 0 saturated heterocycles. The molecule has 0 saturated carbocycles.